The van der Waals surface area contributed by atoms with Gasteiger partial charge < -0.3 is 24.7 Å². The first kappa shape index (κ1) is 25.0. The molecule has 188 valence electrons. The van der Waals surface area contributed by atoms with Gasteiger partial charge in [-0.2, -0.15) is 3.97 Å². The lowest BCUT2D eigenvalue weighted by atomic mass is 9.81. The van der Waals surface area contributed by atoms with Gasteiger partial charge in [-0.25, -0.2) is 18.0 Å². The van der Waals surface area contributed by atoms with Crippen molar-refractivity contribution in [1.29, 1.82) is 0 Å². The molecule has 4 rings (SSSR count). The van der Waals surface area contributed by atoms with Crippen LogP contribution in [-0.2, 0) is 10.0 Å². The molecule has 0 aliphatic heterocycles. The number of aliphatic hydroxyl groups excluding tert-OH is 1. The number of aromatic nitrogens is 1. The summed E-state index contributed by atoms with van der Waals surface area (Å²) in [6.07, 6.45) is 3.97. The van der Waals surface area contributed by atoms with E-state index in [0.29, 0.717) is 22.2 Å². The van der Waals surface area contributed by atoms with Crippen molar-refractivity contribution in [3.63, 3.8) is 0 Å². The van der Waals surface area contributed by atoms with Gasteiger partial charge >= 0.3 is 11.7 Å². The van der Waals surface area contributed by atoms with E-state index in [2.05, 4.69) is 5.32 Å². The molecule has 0 spiro atoms. The van der Waals surface area contributed by atoms with Crippen molar-refractivity contribution in [2.75, 3.05) is 19.4 Å². The Hall–Kier alpha value is -3.15. The predicted molar refractivity (Wildman–Crippen MR) is 129 cm³/mol. The van der Waals surface area contributed by atoms with Crippen LogP contribution in [0.1, 0.15) is 47.5 Å². The molecule has 0 radical (unpaired) electrons. The number of carboxylic acids is 1. The molecule has 1 atom stereocenters. The summed E-state index contributed by atoms with van der Waals surface area (Å²) in [5.74, 6) is -1.21. The maximum absolute atomic E-state index is 11.9. The van der Waals surface area contributed by atoms with E-state index in [-0.39, 0.29) is 29.3 Å². The molecule has 2 aromatic carbocycles. The average Bonchev–Trinajstić information content (AvgIpc) is 3.17. The molecule has 10 nitrogen and oxygen atoms in total. The minimum atomic E-state index is -3.84. The van der Waals surface area contributed by atoms with E-state index in [1.807, 2.05) is 12.1 Å². The molecule has 3 N–H and O–H groups in total. The van der Waals surface area contributed by atoms with Crippen molar-refractivity contribution in [1.82, 2.24) is 9.29 Å². The van der Waals surface area contributed by atoms with Crippen LogP contribution in [0.25, 0.3) is 11.1 Å². The van der Waals surface area contributed by atoms with E-state index in [4.69, 9.17) is 14.3 Å². The standard InChI is InChI=1S/C24H28N2O8S/c1-35(31,32)26-21-12-20(10-11-22(21)34-24(26)30)33-14-19(27)13-25-18-8-6-16(7-9-18)15-2-4-17(5-3-15)23(28)29/h2-5,10-12,16,18-19,25,27H,6-9,13-14H2,1H3,(H,28,29)/t16?,18?,19-/m0/s1. The number of nitrogens with zero attached hydrogens (tertiary/aromatic N) is 1. The second kappa shape index (κ2) is 10.2. The first-order chi connectivity index (χ1) is 16.6. The number of rotatable bonds is 9. The highest BCUT2D eigenvalue weighted by Crippen LogP contribution is 2.33. The molecule has 3 aromatic rings. The third kappa shape index (κ3) is 5.92. The Balaban J connectivity index is 1.25. The van der Waals surface area contributed by atoms with Crippen molar-refractivity contribution in [2.45, 2.75) is 43.7 Å². The molecule has 1 aliphatic rings. The van der Waals surface area contributed by atoms with Gasteiger partial charge in [0, 0.05) is 18.7 Å². The Morgan fingerprint density at radius 2 is 1.86 bits per heavy atom. The molecule has 11 heteroatoms. The summed E-state index contributed by atoms with van der Waals surface area (Å²) in [7, 11) is -3.84. The van der Waals surface area contributed by atoms with Crippen LogP contribution in [0.5, 0.6) is 5.75 Å². The number of aliphatic hydroxyl groups is 1. The number of hydrogen-bond acceptors (Lipinski definition) is 8. The smallest absolute Gasteiger partial charge is 0.434 e. The molecule has 0 unspecified atom stereocenters. The van der Waals surface area contributed by atoms with Crippen molar-refractivity contribution in [2.24, 2.45) is 0 Å². The fourth-order valence-electron chi connectivity index (χ4n) is 4.46. The minimum absolute atomic E-state index is 0.00919. The van der Waals surface area contributed by atoms with Gasteiger partial charge in [-0.3, -0.25) is 0 Å². The van der Waals surface area contributed by atoms with E-state index in [0.717, 1.165) is 37.5 Å². The molecule has 1 aliphatic carbocycles. The highest BCUT2D eigenvalue weighted by atomic mass is 32.2. The average molecular weight is 505 g/mol. The third-order valence-corrected chi connectivity index (χ3v) is 7.29. The van der Waals surface area contributed by atoms with E-state index in [1.54, 1.807) is 18.2 Å². The number of fused-ring (bicyclic) bond motifs is 1. The van der Waals surface area contributed by atoms with Gasteiger partial charge in [0.15, 0.2) is 5.58 Å². The van der Waals surface area contributed by atoms with Crippen molar-refractivity contribution in [3.05, 3.63) is 64.1 Å². The van der Waals surface area contributed by atoms with Crippen LogP contribution in [0.4, 0.5) is 0 Å². The van der Waals surface area contributed by atoms with Crippen LogP contribution in [-0.4, -0.2) is 60.1 Å². The molecule has 0 saturated heterocycles. The van der Waals surface area contributed by atoms with Gasteiger partial charge in [0.25, 0.3) is 0 Å². The molecular formula is C24H28N2O8S. The zero-order valence-corrected chi connectivity index (χ0v) is 20.0. The second-order valence-electron chi connectivity index (χ2n) is 8.87. The van der Waals surface area contributed by atoms with Gasteiger partial charge in [-0.15, -0.1) is 0 Å². The molecule has 1 fully saturated rings. The summed E-state index contributed by atoms with van der Waals surface area (Å²) in [6.45, 7) is 0.329. The zero-order valence-electron chi connectivity index (χ0n) is 19.2. The fraction of sp³-hybridized carbons (Fsp3) is 0.417. The fourth-order valence-corrected chi connectivity index (χ4v) is 5.27. The largest absolute Gasteiger partial charge is 0.491 e. The van der Waals surface area contributed by atoms with Crippen LogP contribution in [0.3, 0.4) is 0 Å². The number of nitrogens with one attached hydrogen (secondary N) is 1. The van der Waals surface area contributed by atoms with Crippen LogP contribution < -0.4 is 15.8 Å². The molecule has 1 saturated carbocycles. The summed E-state index contributed by atoms with van der Waals surface area (Å²) in [4.78, 5) is 22.9. The van der Waals surface area contributed by atoms with E-state index in [1.165, 1.54) is 12.1 Å². The van der Waals surface area contributed by atoms with Crippen molar-refractivity contribution in [3.8, 4) is 5.75 Å². The third-order valence-electron chi connectivity index (χ3n) is 6.28. The van der Waals surface area contributed by atoms with Gasteiger partial charge in [-0.1, -0.05) is 12.1 Å². The maximum atomic E-state index is 11.9. The monoisotopic (exact) mass is 504 g/mol. The number of ether oxygens (including phenoxy) is 1. The Kier molecular flexibility index (Phi) is 7.29. The predicted octanol–water partition coefficient (Wildman–Crippen LogP) is 2.16. The zero-order chi connectivity index (χ0) is 25.2. The van der Waals surface area contributed by atoms with Gasteiger partial charge in [0.1, 0.15) is 24.0 Å². The Morgan fingerprint density at radius 1 is 1.17 bits per heavy atom. The molecular weight excluding hydrogens is 476 g/mol. The first-order valence-electron chi connectivity index (χ1n) is 11.4. The highest BCUT2D eigenvalue weighted by molar-refractivity contribution is 7.89. The molecule has 1 heterocycles. The van der Waals surface area contributed by atoms with Gasteiger partial charge in [0.05, 0.1) is 11.8 Å². The van der Waals surface area contributed by atoms with Gasteiger partial charge in [0.2, 0.25) is 10.0 Å². The topological polar surface area (TPSA) is 148 Å². The van der Waals surface area contributed by atoms with Crippen LogP contribution >= 0.6 is 0 Å². The Bertz CT molecular complexity index is 1350. The quantitative estimate of drug-likeness (QED) is 0.399. The van der Waals surface area contributed by atoms with E-state index in [9.17, 15) is 23.1 Å². The second-order valence-corrected chi connectivity index (χ2v) is 10.7. The molecule has 35 heavy (non-hydrogen) atoms. The van der Waals surface area contributed by atoms with Crippen LogP contribution in [0, 0.1) is 0 Å². The number of hydrogen-bond donors (Lipinski definition) is 3. The lowest BCUT2D eigenvalue weighted by Gasteiger charge is -2.30. The highest BCUT2D eigenvalue weighted by Gasteiger charge is 2.23. The normalized spacial score (nSPS) is 19.5. The maximum Gasteiger partial charge on any atom is 0.434 e. The van der Waals surface area contributed by atoms with E-state index >= 15 is 0 Å². The summed E-state index contributed by atoms with van der Waals surface area (Å²) in [5.41, 5.74) is 1.65. The number of oxazole rings is 1. The minimum Gasteiger partial charge on any atom is -0.491 e. The van der Waals surface area contributed by atoms with Crippen LogP contribution in [0.15, 0.2) is 51.7 Å². The SMILES string of the molecule is CS(=O)(=O)n1c(=O)oc2ccc(OC[C@@H](O)CNC3CCC(c4ccc(C(=O)O)cc4)CC3)cc21. The van der Waals surface area contributed by atoms with Crippen molar-refractivity contribution < 1.29 is 32.6 Å². The summed E-state index contributed by atoms with van der Waals surface area (Å²) in [5, 5.41) is 22.7. The lowest BCUT2D eigenvalue weighted by Crippen LogP contribution is -2.39. The summed E-state index contributed by atoms with van der Waals surface area (Å²) < 4.78 is 34.9. The number of carbonyl (C=O) groups is 1. The molecule has 1 aromatic heterocycles. The number of carboxylic acid groups (broad SMARTS) is 1. The molecule has 0 amide bonds. The number of aromatic carboxylic acids is 1. The summed E-state index contributed by atoms with van der Waals surface area (Å²) >= 11 is 0. The van der Waals surface area contributed by atoms with Gasteiger partial charge in [-0.05, 0) is 61.4 Å². The van der Waals surface area contributed by atoms with Crippen LogP contribution in [0.2, 0.25) is 0 Å². The Labute approximate surface area is 202 Å². The first-order valence-corrected chi connectivity index (χ1v) is 13.2. The van der Waals surface area contributed by atoms with E-state index < -0.39 is 27.9 Å². The molecule has 0 bridgehead atoms. The number of benzene rings is 2. The lowest BCUT2D eigenvalue weighted by molar-refractivity contribution is 0.0696. The summed E-state index contributed by atoms with van der Waals surface area (Å²) in [6, 6.07) is 11.7. The van der Waals surface area contributed by atoms with Crippen molar-refractivity contribution >= 4 is 27.1 Å². The Morgan fingerprint density at radius 3 is 2.49 bits per heavy atom.